The number of carbonyl (C=O) groups excluding carboxylic acids is 3. The fourth-order valence-corrected chi connectivity index (χ4v) is 9.15. The zero-order valence-electron chi connectivity index (χ0n) is 52.3. The van der Waals surface area contributed by atoms with Crippen LogP contribution >= 0.6 is 0 Å². The van der Waals surface area contributed by atoms with Crippen LogP contribution in [0.1, 0.15) is 310 Å². The van der Waals surface area contributed by atoms with Crippen molar-refractivity contribution in [1.29, 1.82) is 0 Å². The molecule has 0 spiro atoms. The highest BCUT2D eigenvalue weighted by atomic mass is 16.6. The molecule has 0 N–H and O–H groups in total. The van der Waals surface area contributed by atoms with Gasteiger partial charge in [0.15, 0.2) is 6.10 Å². The standard InChI is InChI=1S/C74H124O6/c1-4-7-10-13-16-19-22-25-28-31-33-35-36-37-38-40-41-43-46-49-52-55-58-61-64-67-73(76)79-70-71(69-78-72(75)66-63-60-57-54-51-48-45-30-27-24-21-18-15-12-9-6-3)80-74(77)68-65-62-59-56-53-50-47-44-42-39-34-32-29-26-23-20-17-14-11-8-5-2/h7,10,16,19,21,24-25,28,30,32-35,37-38,41,43,45,49,52,71H,4-6,8-9,11-15,17-18,20,22-23,26-27,29,31,36,39-40,42,44,46-48,50-51,53-70H2,1-3H3/b10-7-,19-16-,24-21-,28-25-,34-32-,35-33-,38-37-,43-41-,45-30-,52-49-. The molecule has 0 bridgehead atoms. The fraction of sp³-hybridized carbons (Fsp3) is 0.689. The van der Waals surface area contributed by atoms with Crippen LogP contribution in [-0.4, -0.2) is 37.2 Å². The van der Waals surface area contributed by atoms with Crippen molar-refractivity contribution in [3.63, 3.8) is 0 Å². The van der Waals surface area contributed by atoms with E-state index in [1.54, 1.807) is 0 Å². The Morgan fingerprint density at radius 1 is 0.263 bits per heavy atom. The second-order valence-electron chi connectivity index (χ2n) is 22.0. The van der Waals surface area contributed by atoms with Gasteiger partial charge in [0.1, 0.15) is 13.2 Å². The second-order valence-corrected chi connectivity index (χ2v) is 22.0. The molecule has 0 fully saturated rings. The number of esters is 3. The summed E-state index contributed by atoms with van der Waals surface area (Å²) in [6.45, 7) is 6.49. The Hall–Kier alpha value is -4.19. The lowest BCUT2D eigenvalue weighted by molar-refractivity contribution is -0.167. The van der Waals surface area contributed by atoms with Gasteiger partial charge in [-0.05, 0) is 135 Å². The van der Waals surface area contributed by atoms with Crippen molar-refractivity contribution in [2.24, 2.45) is 0 Å². The van der Waals surface area contributed by atoms with Gasteiger partial charge < -0.3 is 14.2 Å². The summed E-state index contributed by atoms with van der Waals surface area (Å²) >= 11 is 0. The second kappa shape index (κ2) is 67.3. The third-order valence-corrected chi connectivity index (χ3v) is 14.2. The zero-order chi connectivity index (χ0) is 57.8. The largest absolute Gasteiger partial charge is 0.462 e. The summed E-state index contributed by atoms with van der Waals surface area (Å²) in [4.78, 5) is 38.4. The Morgan fingerprint density at radius 2 is 0.487 bits per heavy atom. The minimum atomic E-state index is -0.804. The first-order valence-corrected chi connectivity index (χ1v) is 33.5. The van der Waals surface area contributed by atoms with E-state index in [2.05, 4.69) is 142 Å². The molecule has 456 valence electrons. The van der Waals surface area contributed by atoms with E-state index in [0.717, 1.165) is 135 Å². The van der Waals surface area contributed by atoms with Crippen LogP contribution < -0.4 is 0 Å². The molecule has 0 aliphatic carbocycles. The number of unbranched alkanes of at least 4 members (excludes halogenated alkanes) is 29. The lowest BCUT2D eigenvalue weighted by Crippen LogP contribution is -2.30. The summed E-state index contributed by atoms with van der Waals surface area (Å²) in [5.41, 5.74) is 0. The Bertz CT molecular complexity index is 1650. The Kier molecular flexibility index (Phi) is 63.8. The Labute approximate surface area is 494 Å². The lowest BCUT2D eigenvalue weighted by atomic mass is 10.1. The Balaban J connectivity index is 4.46. The molecule has 0 aliphatic heterocycles. The van der Waals surface area contributed by atoms with Crippen LogP contribution in [0.2, 0.25) is 0 Å². The maximum Gasteiger partial charge on any atom is 0.306 e. The van der Waals surface area contributed by atoms with E-state index in [9.17, 15) is 14.4 Å². The summed E-state index contributed by atoms with van der Waals surface area (Å²) in [5.74, 6) is -0.939. The molecule has 0 rings (SSSR count). The molecular formula is C74H124O6. The molecule has 0 aromatic heterocycles. The van der Waals surface area contributed by atoms with Crippen LogP contribution in [0.4, 0.5) is 0 Å². The topological polar surface area (TPSA) is 78.9 Å². The van der Waals surface area contributed by atoms with Crippen LogP contribution in [0.3, 0.4) is 0 Å². The van der Waals surface area contributed by atoms with Gasteiger partial charge in [-0.2, -0.15) is 0 Å². The number of hydrogen-bond donors (Lipinski definition) is 0. The Morgan fingerprint density at radius 3 is 0.800 bits per heavy atom. The monoisotopic (exact) mass is 1110 g/mol. The molecule has 1 atom stereocenters. The number of hydrogen-bond acceptors (Lipinski definition) is 6. The van der Waals surface area contributed by atoms with Crippen LogP contribution in [0.15, 0.2) is 122 Å². The van der Waals surface area contributed by atoms with Crippen LogP contribution in [0, 0.1) is 0 Å². The van der Waals surface area contributed by atoms with Crippen molar-refractivity contribution < 1.29 is 28.6 Å². The molecular weight excluding hydrogens is 985 g/mol. The van der Waals surface area contributed by atoms with Crippen molar-refractivity contribution >= 4 is 17.9 Å². The summed E-state index contributed by atoms with van der Waals surface area (Å²) in [6.07, 6.45) is 93.5. The normalized spacial score (nSPS) is 12.9. The van der Waals surface area contributed by atoms with Crippen LogP contribution in [0.25, 0.3) is 0 Å². The number of rotatable bonds is 60. The van der Waals surface area contributed by atoms with Crippen LogP contribution in [-0.2, 0) is 28.6 Å². The maximum absolute atomic E-state index is 12.9. The molecule has 0 heterocycles. The van der Waals surface area contributed by atoms with Crippen molar-refractivity contribution in [3.8, 4) is 0 Å². The van der Waals surface area contributed by atoms with Crippen molar-refractivity contribution in [2.45, 2.75) is 316 Å². The van der Waals surface area contributed by atoms with E-state index in [4.69, 9.17) is 14.2 Å². The smallest absolute Gasteiger partial charge is 0.306 e. The summed E-state index contributed by atoms with van der Waals surface area (Å²) in [5, 5.41) is 0. The van der Waals surface area contributed by atoms with Gasteiger partial charge in [-0.25, -0.2) is 0 Å². The van der Waals surface area contributed by atoms with E-state index < -0.39 is 6.10 Å². The van der Waals surface area contributed by atoms with Gasteiger partial charge in [0.25, 0.3) is 0 Å². The summed E-state index contributed by atoms with van der Waals surface area (Å²) < 4.78 is 16.9. The molecule has 0 aromatic carbocycles. The summed E-state index contributed by atoms with van der Waals surface area (Å²) in [7, 11) is 0. The van der Waals surface area contributed by atoms with Crippen molar-refractivity contribution in [2.75, 3.05) is 13.2 Å². The molecule has 0 aliphatic rings. The molecule has 0 saturated heterocycles. The van der Waals surface area contributed by atoms with Gasteiger partial charge in [-0.15, -0.1) is 0 Å². The maximum atomic E-state index is 12.9. The molecule has 0 saturated carbocycles. The van der Waals surface area contributed by atoms with Gasteiger partial charge in [-0.1, -0.05) is 277 Å². The minimum Gasteiger partial charge on any atom is -0.462 e. The molecule has 1 unspecified atom stereocenters. The van der Waals surface area contributed by atoms with E-state index in [1.807, 2.05) is 0 Å². The third kappa shape index (κ3) is 64.6. The van der Waals surface area contributed by atoms with Gasteiger partial charge in [0, 0.05) is 19.3 Å². The quantitative estimate of drug-likeness (QED) is 0.0261. The number of carbonyl (C=O) groups is 3. The third-order valence-electron chi connectivity index (χ3n) is 14.2. The average molecular weight is 1110 g/mol. The SMILES string of the molecule is CC/C=C\C/C=C\C/C=C\C/C=C\C/C=C\C/C=C\C/C=C\CCCCCC(=O)OCC(COC(=O)CCCCCCC/C=C\C/C=C\CCCCCC)OC(=O)CCCCCCCCCCC/C=C\CCCCCCCCCC. The molecule has 6 heteroatoms. The first kappa shape index (κ1) is 75.8. The molecule has 80 heavy (non-hydrogen) atoms. The van der Waals surface area contributed by atoms with Crippen molar-refractivity contribution in [3.05, 3.63) is 122 Å². The molecule has 0 aromatic rings. The predicted octanol–water partition coefficient (Wildman–Crippen LogP) is 23.2. The van der Waals surface area contributed by atoms with E-state index >= 15 is 0 Å². The average Bonchev–Trinajstić information content (AvgIpc) is 3.46. The van der Waals surface area contributed by atoms with E-state index in [1.165, 1.54) is 135 Å². The first-order chi connectivity index (χ1) is 39.5. The lowest BCUT2D eigenvalue weighted by Gasteiger charge is -2.18. The molecule has 6 nitrogen and oxygen atoms in total. The minimum absolute atomic E-state index is 0.0985. The van der Waals surface area contributed by atoms with Gasteiger partial charge in [-0.3, -0.25) is 14.4 Å². The van der Waals surface area contributed by atoms with Gasteiger partial charge in [0.2, 0.25) is 0 Å². The van der Waals surface area contributed by atoms with Gasteiger partial charge >= 0.3 is 17.9 Å². The highest BCUT2D eigenvalue weighted by Gasteiger charge is 2.19. The fourth-order valence-electron chi connectivity index (χ4n) is 9.15. The molecule has 0 radical (unpaired) electrons. The summed E-state index contributed by atoms with van der Waals surface area (Å²) in [6, 6.07) is 0. The van der Waals surface area contributed by atoms with E-state index in [0.29, 0.717) is 19.3 Å². The van der Waals surface area contributed by atoms with E-state index in [-0.39, 0.29) is 31.1 Å². The molecule has 0 amide bonds. The van der Waals surface area contributed by atoms with Crippen molar-refractivity contribution in [1.82, 2.24) is 0 Å². The first-order valence-electron chi connectivity index (χ1n) is 33.5. The van der Waals surface area contributed by atoms with Gasteiger partial charge in [0.05, 0.1) is 0 Å². The number of allylic oxidation sites excluding steroid dienone is 20. The highest BCUT2D eigenvalue weighted by Crippen LogP contribution is 2.15. The number of ether oxygens (including phenoxy) is 3. The zero-order valence-corrected chi connectivity index (χ0v) is 52.3. The predicted molar refractivity (Wildman–Crippen MR) is 348 cm³/mol. The highest BCUT2D eigenvalue weighted by molar-refractivity contribution is 5.71. The van der Waals surface area contributed by atoms with Crippen LogP contribution in [0.5, 0.6) is 0 Å².